The molecule has 0 aliphatic carbocycles. The lowest BCUT2D eigenvalue weighted by molar-refractivity contribution is -0.141. The van der Waals surface area contributed by atoms with Gasteiger partial charge in [0.2, 0.25) is 11.8 Å². The Bertz CT molecular complexity index is 688. The van der Waals surface area contributed by atoms with E-state index < -0.39 is 0 Å². The number of rotatable bonds is 4. The van der Waals surface area contributed by atoms with E-state index in [2.05, 4.69) is 17.0 Å². The van der Waals surface area contributed by atoms with Gasteiger partial charge >= 0.3 is 0 Å². The van der Waals surface area contributed by atoms with E-state index in [9.17, 15) is 9.59 Å². The third-order valence-corrected chi connectivity index (χ3v) is 5.73. The first-order valence-electron chi connectivity index (χ1n) is 10.2. The smallest absolute Gasteiger partial charge is 0.237 e. The molecule has 28 heavy (non-hydrogen) atoms. The number of carbonyl (C=O) groups is 2. The van der Waals surface area contributed by atoms with Gasteiger partial charge in [-0.05, 0) is 30.5 Å². The topological polar surface area (TPSA) is 53.1 Å². The van der Waals surface area contributed by atoms with Crippen LogP contribution in [0.25, 0.3) is 0 Å². The number of hydrogen-bond donors (Lipinski definition) is 0. The van der Waals surface area contributed by atoms with E-state index in [0.29, 0.717) is 19.6 Å². The Labute approximate surface area is 168 Å². The van der Waals surface area contributed by atoms with Gasteiger partial charge < -0.3 is 14.5 Å². The summed E-state index contributed by atoms with van der Waals surface area (Å²) in [5.74, 6) is 1.22. The molecule has 1 unspecified atom stereocenters. The molecule has 6 heteroatoms. The molecular formula is C22H33N3O3. The highest BCUT2D eigenvalue weighted by Gasteiger charge is 2.33. The number of piperazine rings is 1. The molecule has 0 aromatic heterocycles. The van der Waals surface area contributed by atoms with Crippen molar-refractivity contribution >= 4 is 11.8 Å². The predicted molar refractivity (Wildman–Crippen MR) is 109 cm³/mol. The monoisotopic (exact) mass is 387 g/mol. The fourth-order valence-electron chi connectivity index (χ4n) is 4.10. The van der Waals surface area contributed by atoms with E-state index >= 15 is 0 Å². The molecule has 0 spiro atoms. The molecule has 0 bridgehead atoms. The standard InChI is InChI=1S/C22H33N3O3/c1-22(2,3)21(27)24-14-12-23(13-15-24)16-20(26)25-11-5-6-19(25)17-7-9-18(28-4)10-8-17/h7-10,19H,5-6,11-16H2,1-4H3. The first-order valence-corrected chi connectivity index (χ1v) is 10.2. The summed E-state index contributed by atoms with van der Waals surface area (Å²) in [6.07, 6.45) is 2.04. The molecule has 6 nitrogen and oxygen atoms in total. The summed E-state index contributed by atoms with van der Waals surface area (Å²) >= 11 is 0. The van der Waals surface area contributed by atoms with Crippen LogP contribution < -0.4 is 4.74 Å². The summed E-state index contributed by atoms with van der Waals surface area (Å²) < 4.78 is 5.24. The molecule has 0 saturated carbocycles. The van der Waals surface area contributed by atoms with Gasteiger partial charge in [0.05, 0.1) is 19.7 Å². The van der Waals surface area contributed by atoms with E-state index in [1.54, 1.807) is 7.11 Å². The van der Waals surface area contributed by atoms with Crippen molar-refractivity contribution in [2.24, 2.45) is 5.41 Å². The van der Waals surface area contributed by atoms with Gasteiger partial charge in [0.15, 0.2) is 0 Å². The molecule has 2 aliphatic rings. The number of ether oxygens (including phenoxy) is 1. The Hall–Kier alpha value is -2.08. The minimum absolute atomic E-state index is 0.155. The Kier molecular flexibility index (Phi) is 6.28. The maximum absolute atomic E-state index is 13.0. The third kappa shape index (κ3) is 4.66. The first-order chi connectivity index (χ1) is 13.3. The average Bonchev–Trinajstić information content (AvgIpc) is 3.17. The van der Waals surface area contributed by atoms with Gasteiger partial charge in [0.25, 0.3) is 0 Å². The predicted octanol–water partition coefficient (Wildman–Crippen LogP) is 2.55. The minimum atomic E-state index is -0.348. The normalized spacial score (nSPS) is 21.1. The zero-order chi connectivity index (χ0) is 20.3. The average molecular weight is 388 g/mol. The number of methoxy groups -OCH3 is 1. The zero-order valence-electron chi connectivity index (χ0n) is 17.6. The van der Waals surface area contributed by atoms with Crippen LogP contribution in [0.3, 0.4) is 0 Å². The third-order valence-electron chi connectivity index (χ3n) is 5.73. The van der Waals surface area contributed by atoms with Gasteiger partial charge in [0, 0.05) is 38.1 Å². The molecule has 3 rings (SSSR count). The van der Waals surface area contributed by atoms with E-state index in [4.69, 9.17) is 4.74 Å². The molecule has 2 amide bonds. The molecule has 1 aromatic rings. The van der Waals surface area contributed by atoms with Gasteiger partial charge in [-0.1, -0.05) is 32.9 Å². The molecule has 2 fully saturated rings. The van der Waals surface area contributed by atoms with Crippen molar-refractivity contribution in [3.63, 3.8) is 0 Å². The summed E-state index contributed by atoms with van der Waals surface area (Å²) in [5.41, 5.74) is 0.825. The second-order valence-corrected chi connectivity index (χ2v) is 8.84. The molecule has 0 N–H and O–H groups in total. The fourth-order valence-corrected chi connectivity index (χ4v) is 4.10. The summed E-state index contributed by atoms with van der Waals surface area (Å²) in [6, 6.07) is 8.20. The van der Waals surface area contributed by atoms with Crippen LogP contribution >= 0.6 is 0 Å². The highest BCUT2D eigenvalue weighted by molar-refractivity contribution is 5.82. The Morgan fingerprint density at radius 3 is 2.25 bits per heavy atom. The Balaban J connectivity index is 1.55. The van der Waals surface area contributed by atoms with Gasteiger partial charge in [-0.3, -0.25) is 14.5 Å². The second-order valence-electron chi connectivity index (χ2n) is 8.84. The van der Waals surface area contributed by atoms with E-state index in [1.165, 1.54) is 5.56 Å². The lowest BCUT2D eigenvalue weighted by Crippen LogP contribution is -2.53. The van der Waals surface area contributed by atoms with Gasteiger partial charge in [0.1, 0.15) is 5.75 Å². The first kappa shape index (κ1) is 20.6. The summed E-state index contributed by atoms with van der Waals surface area (Å²) in [5, 5.41) is 0. The van der Waals surface area contributed by atoms with Crippen molar-refractivity contribution in [1.82, 2.24) is 14.7 Å². The number of nitrogens with zero attached hydrogens (tertiary/aromatic N) is 3. The molecule has 2 aliphatic heterocycles. The van der Waals surface area contributed by atoms with Crippen LogP contribution in [0.1, 0.15) is 45.2 Å². The van der Waals surface area contributed by atoms with Crippen molar-refractivity contribution in [2.75, 3.05) is 46.4 Å². The number of hydrogen-bond acceptors (Lipinski definition) is 4. The van der Waals surface area contributed by atoms with Crippen LogP contribution in [0.15, 0.2) is 24.3 Å². The number of carbonyl (C=O) groups excluding carboxylic acids is 2. The summed E-state index contributed by atoms with van der Waals surface area (Å²) in [6.45, 7) is 10.0. The molecule has 0 radical (unpaired) electrons. The molecular weight excluding hydrogens is 354 g/mol. The van der Waals surface area contributed by atoms with Crippen molar-refractivity contribution in [1.29, 1.82) is 0 Å². The molecule has 1 atom stereocenters. The SMILES string of the molecule is COc1ccc(C2CCCN2C(=O)CN2CCN(C(=O)C(C)(C)C)CC2)cc1. The lowest BCUT2D eigenvalue weighted by Gasteiger charge is -2.38. The largest absolute Gasteiger partial charge is 0.497 e. The highest BCUT2D eigenvalue weighted by atomic mass is 16.5. The molecule has 1 aromatic carbocycles. The van der Waals surface area contributed by atoms with Crippen molar-refractivity contribution < 1.29 is 14.3 Å². The maximum Gasteiger partial charge on any atom is 0.237 e. The van der Waals surface area contributed by atoms with Gasteiger partial charge in [-0.15, -0.1) is 0 Å². The summed E-state index contributed by atoms with van der Waals surface area (Å²) in [4.78, 5) is 31.5. The van der Waals surface area contributed by atoms with Crippen LogP contribution in [0.2, 0.25) is 0 Å². The van der Waals surface area contributed by atoms with E-state index in [1.807, 2.05) is 42.7 Å². The van der Waals surface area contributed by atoms with E-state index in [0.717, 1.165) is 38.2 Å². The number of benzene rings is 1. The zero-order valence-corrected chi connectivity index (χ0v) is 17.6. The maximum atomic E-state index is 13.0. The van der Waals surface area contributed by atoms with Crippen LogP contribution in [-0.2, 0) is 9.59 Å². The van der Waals surface area contributed by atoms with Gasteiger partial charge in [-0.25, -0.2) is 0 Å². The summed E-state index contributed by atoms with van der Waals surface area (Å²) in [7, 11) is 1.66. The highest BCUT2D eigenvalue weighted by Crippen LogP contribution is 2.33. The molecule has 2 heterocycles. The lowest BCUT2D eigenvalue weighted by atomic mass is 9.94. The van der Waals surface area contributed by atoms with Crippen LogP contribution in [-0.4, -0.2) is 72.9 Å². The van der Waals surface area contributed by atoms with Crippen LogP contribution in [0.5, 0.6) is 5.75 Å². The number of likely N-dealkylation sites (tertiary alicyclic amines) is 1. The quantitative estimate of drug-likeness (QED) is 0.797. The van der Waals surface area contributed by atoms with Crippen molar-refractivity contribution in [3.05, 3.63) is 29.8 Å². The van der Waals surface area contributed by atoms with E-state index in [-0.39, 0.29) is 23.3 Å². The van der Waals surface area contributed by atoms with Crippen LogP contribution in [0, 0.1) is 5.41 Å². The minimum Gasteiger partial charge on any atom is -0.497 e. The molecule has 154 valence electrons. The molecule has 2 saturated heterocycles. The fraction of sp³-hybridized carbons (Fsp3) is 0.636. The second kappa shape index (κ2) is 8.52. The van der Waals surface area contributed by atoms with Gasteiger partial charge in [-0.2, -0.15) is 0 Å². The van der Waals surface area contributed by atoms with Crippen LogP contribution in [0.4, 0.5) is 0 Å². The Morgan fingerprint density at radius 2 is 1.68 bits per heavy atom. The number of amides is 2. The van der Waals surface area contributed by atoms with Crippen molar-refractivity contribution in [3.8, 4) is 5.75 Å². The van der Waals surface area contributed by atoms with Crippen molar-refractivity contribution in [2.45, 2.75) is 39.7 Å². The Morgan fingerprint density at radius 1 is 1.04 bits per heavy atom.